The Bertz CT molecular complexity index is 738. The van der Waals surface area contributed by atoms with Crippen molar-refractivity contribution in [3.05, 3.63) is 71.3 Å². The standard InChI is InChI=1S/C19H18N2O/c22-18-16-8-4-5-9-17(16)19(10-12-20-13-11-19)21(18)14-15-6-2-1-3-7-15/h1-9,12H,10-11,13-14H2. The molecule has 2 heterocycles. The molecule has 0 radical (unpaired) electrons. The first-order valence-corrected chi connectivity index (χ1v) is 7.75. The normalized spacial score (nSPS) is 23.1. The maximum atomic E-state index is 13.0. The first-order chi connectivity index (χ1) is 10.8. The number of benzene rings is 2. The second-order valence-electron chi connectivity index (χ2n) is 6.00. The molecule has 0 fully saturated rings. The fourth-order valence-corrected chi connectivity index (χ4v) is 3.70. The van der Waals surface area contributed by atoms with Crippen LogP contribution >= 0.6 is 0 Å². The van der Waals surface area contributed by atoms with E-state index in [2.05, 4.69) is 28.1 Å². The van der Waals surface area contributed by atoms with Gasteiger partial charge in [0.05, 0.1) is 5.54 Å². The van der Waals surface area contributed by atoms with Gasteiger partial charge in [0.15, 0.2) is 0 Å². The van der Waals surface area contributed by atoms with Crippen LogP contribution in [-0.4, -0.2) is 23.6 Å². The summed E-state index contributed by atoms with van der Waals surface area (Å²) >= 11 is 0. The Kier molecular flexibility index (Phi) is 3.07. The van der Waals surface area contributed by atoms with Crippen molar-refractivity contribution < 1.29 is 4.79 Å². The van der Waals surface area contributed by atoms with Crippen LogP contribution in [-0.2, 0) is 12.1 Å². The van der Waals surface area contributed by atoms with E-state index in [0.717, 1.165) is 24.9 Å². The van der Waals surface area contributed by atoms with E-state index in [1.165, 1.54) is 11.1 Å². The molecule has 0 aliphatic carbocycles. The van der Waals surface area contributed by atoms with Crippen molar-refractivity contribution in [1.29, 1.82) is 0 Å². The van der Waals surface area contributed by atoms with Crippen LogP contribution in [0, 0.1) is 0 Å². The molecule has 0 saturated heterocycles. The van der Waals surface area contributed by atoms with Crippen molar-refractivity contribution in [2.24, 2.45) is 4.99 Å². The van der Waals surface area contributed by atoms with E-state index in [1.54, 1.807) is 0 Å². The van der Waals surface area contributed by atoms with Crippen LogP contribution in [0.1, 0.15) is 34.3 Å². The van der Waals surface area contributed by atoms with Crippen LogP contribution in [0.2, 0.25) is 0 Å². The fraction of sp³-hybridized carbons (Fsp3) is 0.263. The zero-order valence-corrected chi connectivity index (χ0v) is 12.4. The van der Waals surface area contributed by atoms with E-state index in [9.17, 15) is 4.79 Å². The van der Waals surface area contributed by atoms with Gasteiger partial charge in [0.25, 0.3) is 5.91 Å². The van der Waals surface area contributed by atoms with Crippen LogP contribution in [0.3, 0.4) is 0 Å². The lowest BCUT2D eigenvalue weighted by molar-refractivity contribution is 0.0506. The van der Waals surface area contributed by atoms with Crippen LogP contribution in [0.4, 0.5) is 0 Å². The number of fused-ring (bicyclic) bond motifs is 2. The summed E-state index contributed by atoms with van der Waals surface area (Å²) in [4.78, 5) is 19.4. The van der Waals surface area contributed by atoms with E-state index in [0.29, 0.717) is 6.54 Å². The number of carbonyl (C=O) groups excluding carboxylic acids is 1. The molecule has 110 valence electrons. The van der Waals surface area contributed by atoms with Crippen LogP contribution in [0.5, 0.6) is 0 Å². The van der Waals surface area contributed by atoms with Gasteiger partial charge in [-0.3, -0.25) is 9.79 Å². The van der Waals surface area contributed by atoms with Gasteiger partial charge >= 0.3 is 0 Å². The van der Waals surface area contributed by atoms with Crippen LogP contribution in [0.25, 0.3) is 0 Å². The van der Waals surface area contributed by atoms with E-state index in [1.807, 2.05) is 42.6 Å². The summed E-state index contributed by atoms with van der Waals surface area (Å²) in [5.41, 5.74) is 2.98. The lowest BCUT2D eigenvalue weighted by Crippen LogP contribution is -2.45. The van der Waals surface area contributed by atoms with Gasteiger partial charge in [-0.1, -0.05) is 48.5 Å². The van der Waals surface area contributed by atoms with Crippen molar-refractivity contribution in [3.8, 4) is 0 Å². The Morgan fingerprint density at radius 1 is 1.05 bits per heavy atom. The van der Waals surface area contributed by atoms with Crippen LogP contribution < -0.4 is 0 Å². The van der Waals surface area contributed by atoms with Crippen molar-refractivity contribution in [1.82, 2.24) is 4.90 Å². The average Bonchev–Trinajstić information content (AvgIpc) is 2.80. The molecule has 22 heavy (non-hydrogen) atoms. The number of hydrogen-bond acceptors (Lipinski definition) is 2. The zero-order chi connectivity index (χ0) is 15.0. The molecular formula is C19H18N2O. The molecule has 4 rings (SSSR count). The van der Waals surface area contributed by atoms with Gasteiger partial charge in [-0.05, 0) is 23.6 Å². The molecule has 3 heteroatoms. The van der Waals surface area contributed by atoms with Crippen molar-refractivity contribution in [3.63, 3.8) is 0 Å². The molecule has 2 aromatic rings. The number of rotatable bonds is 2. The first kappa shape index (κ1) is 13.3. The molecule has 0 bridgehead atoms. The quantitative estimate of drug-likeness (QED) is 0.834. The summed E-state index contributed by atoms with van der Waals surface area (Å²) in [5, 5.41) is 0. The maximum absolute atomic E-state index is 13.0. The number of amides is 1. The van der Waals surface area contributed by atoms with Crippen molar-refractivity contribution in [2.75, 3.05) is 6.54 Å². The number of hydrogen-bond donors (Lipinski definition) is 0. The summed E-state index contributed by atoms with van der Waals surface area (Å²) < 4.78 is 0. The minimum atomic E-state index is -0.217. The van der Waals surface area contributed by atoms with Gasteiger partial charge in [-0.15, -0.1) is 0 Å². The highest BCUT2D eigenvalue weighted by atomic mass is 16.2. The third-order valence-corrected chi connectivity index (χ3v) is 4.82. The van der Waals surface area contributed by atoms with Gasteiger partial charge in [0.1, 0.15) is 0 Å². The molecule has 0 N–H and O–H groups in total. The van der Waals surface area contributed by atoms with Crippen molar-refractivity contribution in [2.45, 2.75) is 24.9 Å². The Labute approximate surface area is 130 Å². The molecule has 2 aliphatic heterocycles. The van der Waals surface area contributed by atoms with Gasteiger partial charge in [-0.2, -0.15) is 0 Å². The molecule has 3 nitrogen and oxygen atoms in total. The third kappa shape index (κ3) is 1.89. The predicted molar refractivity (Wildman–Crippen MR) is 87.0 cm³/mol. The topological polar surface area (TPSA) is 32.7 Å². The summed E-state index contributed by atoms with van der Waals surface area (Å²) in [6.07, 6.45) is 3.69. The Morgan fingerprint density at radius 2 is 1.82 bits per heavy atom. The lowest BCUT2D eigenvalue weighted by Gasteiger charge is -2.40. The molecule has 1 atom stereocenters. The molecule has 1 amide bonds. The average molecular weight is 290 g/mol. The molecular weight excluding hydrogens is 272 g/mol. The Hall–Kier alpha value is -2.42. The van der Waals surface area contributed by atoms with Gasteiger partial charge in [0, 0.05) is 31.3 Å². The SMILES string of the molecule is O=C1c2ccccc2C2(CC=NCC2)N1Cc1ccccc1. The van der Waals surface area contributed by atoms with Crippen molar-refractivity contribution >= 4 is 12.1 Å². The highest BCUT2D eigenvalue weighted by molar-refractivity contribution is 6.00. The largest absolute Gasteiger partial charge is 0.324 e. The minimum absolute atomic E-state index is 0.148. The van der Waals surface area contributed by atoms with Gasteiger partial charge in [-0.25, -0.2) is 0 Å². The number of aliphatic imine (C=N–C) groups is 1. The maximum Gasteiger partial charge on any atom is 0.255 e. The predicted octanol–water partition coefficient (Wildman–Crippen LogP) is 3.40. The Morgan fingerprint density at radius 3 is 2.59 bits per heavy atom. The number of carbonyl (C=O) groups is 1. The molecule has 0 aromatic heterocycles. The van der Waals surface area contributed by atoms with E-state index < -0.39 is 0 Å². The monoisotopic (exact) mass is 290 g/mol. The molecule has 2 aromatic carbocycles. The Balaban J connectivity index is 1.80. The minimum Gasteiger partial charge on any atom is -0.324 e. The highest BCUT2D eigenvalue weighted by Crippen LogP contribution is 2.45. The molecule has 0 saturated carbocycles. The second-order valence-corrected chi connectivity index (χ2v) is 6.00. The summed E-state index contributed by atoms with van der Waals surface area (Å²) in [5.74, 6) is 0.148. The van der Waals surface area contributed by atoms with E-state index >= 15 is 0 Å². The third-order valence-electron chi connectivity index (χ3n) is 4.82. The van der Waals surface area contributed by atoms with Crippen LogP contribution in [0.15, 0.2) is 59.6 Å². The first-order valence-electron chi connectivity index (χ1n) is 7.75. The fourth-order valence-electron chi connectivity index (χ4n) is 3.70. The zero-order valence-electron chi connectivity index (χ0n) is 12.4. The number of nitrogens with zero attached hydrogens (tertiary/aromatic N) is 2. The van der Waals surface area contributed by atoms with E-state index in [4.69, 9.17) is 0 Å². The van der Waals surface area contributed by atoms with Gasteiger partial charge < -0.3 is 4.90 Å². The van der Waals surface area contributed by atoms with E-state index in [-0.39, 0.29) is 11.4 Å². The lowest BCUT2D eigenvalue weighted by atomic mass is 9.82. The molecule has 1 unspecified atom stereocenters. The highest BCUT2D eigenvalue weighted by Gasteiger charge is 2.49. The summed E-state index contributed by atoms with van der Waals surface area (Å²) in [7, 11) is 0. The summed E-state index contributed by atoms with van der Waals surface area (Å²) in [6.45, 7) is 1.44. The smallest absolute Gasteiger partial charge is 0.255 e. The summed E-state index contributed by atoms with van der Waals surface area (Å²) in [6, 6.07) is 18.3. The van der Waals surface area contributed by atoms with Gasteiger partial charge in [0.2, 0.25) is 0 Å². The second kappa shape index (κ2) is 5.09. The molecule has 1 spiro atoms. The molecule has 2 aliphatic rings.